The monoisotopic (exact) mass is 279 g/mol. The molecule has 0 aliphatic rings. The summed E-state index contributed by atoms with van der Waals surface area (Å²) in [6.45, 7) is 12.3. The molecule has 0 aliphatic carbocycles. The van der Waals surface area contributed by atoms with Gasteiger partial charge >= 0.3 is 0 Å². The Hall–Kier alpha value is -0.900. The molecule has 0 saturated heterocycles. The third kappa shape index (κ3) is 6.04. The first kappa shape index (κ1) is 17.2. The van der Waals surface area contributed by atoms with E-state index in [9.17, 15) is 0 Å². The van der Waals surface area contributed by atoms with E-state index in [0.717, 1.165) is 0 Å². The molecule has 3 heteroatoms. The van der Waals surface area contributed by atoms with Gasteiger partial charge in [-0.2, -0.15) is 0 Å². The van der Waals surface area contributed by atoms with E-state index in [1.165, 1.54) is 16.7 Å². The maximum absolute atomic E-state index is 5.74. The smallest absolute Gasteiger partial charge is 0.0707 e. The van der Waals surface area contributed by atoms with E-state index in [2.05, 4.69) is 58.1 Å². The average Bonchev–Trinajstić information content (AvgIpc) is 2.36. The summed E-state index contributed by atoms with van der Waals surface area (Å²) in [6.07, 6.45) is 0. The van der Waals surface area contributed by atoms with Gasteiger partial charge in [0.1, 0.15) is 0 Å². The van der Waals surface area contributed by atoms with Gasteiger partial charge in [0.2, 0.25) is 0 Å². The number of benzene rings is 1. The van der Waals surface area contributed by atoms with Crippen molar-refractivity contribution in [1.82, 2.24) is 5.32 Å². The summed E-state index contributed by atoms with van der Waals surface area (Å²) in [7, 11) is 1.97. The molecular formula is C17H29NO2. The zero-order chi connectivity index (χ0) is 15.2. The molecule has 3 nitrogen and oxygen atoms in total. The van der Waals surface area contributed by atoms with Crippen molar-refractivity contribution in [3.63, 3.8) is 0 Å². The molecule has 0 aromatic heterocycles. The predicted octanol–water partition coefficient (Wildman–Crippen LogP) is 3.40. The van der Waals surface area contributed by atoms with Crippen molar-refractivity contribution >= 4 is 0 Å². The fourth-order valence-electron chi connectivity index (χ4n) is 2.07. The van der Waals surface area contributed by atoms with Crippen molar-refractivity contribution in [2.24, 2.45) is 0 Å². The first-order valence-corrected chi connectivity index (χ1v) is 7.29. The van der Waals surface area contributed by atoms with Crippen LogP contribution >= 0.6 is 0 Å². The fraction of sp³-hybridized carbons (Fsp3) is 0.647. The Morgan fingerprint density at radius 3 is 2.45 bits per heavy atom. The molecule has 0 aliphatic heterocycles. The number of hydrogen-bond acceptors (Lipinski definition) is 3. The highest BCUT2D eigenvalue weighted by atomic mass is 16.5. The van der Waals surface area contributed by atoms with Gasteiger partial charge in [0.25, 0.3) is 0 Å². The van der Waals surface area contributed by atoms with Crippen molar-refractivity contribution in [2.75, 3.05) is 26.9 Å². The fourth-order valence-corrected chi connectivity index (χ4v) is 2.07. The zero-order valence-electron chi connectivity index (χ0n) is 13.7. The van der Waals surface area contributed by atoms with E-state index in [-0.39, 0.29) is 11.6 Å². The highest BCUT2D eigenvalue weighted by Crippen LogP contribution is 2.19. The number of likely N-dealkylation sites (N-methyl/N-ethyl adjacent to an activating group) is 1. The first-order valence-electron chi connectivity index (χ1n) is 7.29. The molecule has 1 N–H and O–H groups in total. The quantitative estimate of drug-likeness (QED) is 0.776. The Morgan fingerprint density at radius 1 is 1.15 bits per heavy atom. The summed E-state index contributed by atoms with van der Waals surface area (Å²) in [6, 6.07) is 6.76. The van der Waals surface area contributed by atoms with Crippen molar-refractivity contribution in [3.8, 4) is 0 Å². The molecule has 1 rings (SSSR count). The number of nitrogens with one attached hydrogen (secondary N) is 1. The van der Waals surface area contributed by atoms with Gasteiger partial charge < -0.3 is 14.8 Å². The summed E-state index contributed by atoms with van der Waals surface area (Å²) in [5, 5.41) is 3.33. The number of ether oxygens (including phenoxy) is 2. The van der Waals surface area contributed by atoms with Crippen LogP contribution in [0.15, 0.2) is 18.2 Å². The van der Waals surface area contributed by atoms with Crippen molar-refractivity contribution < 1.29 is 9.47 Å². The van der Waals surface area contributed by atoms with Gasteiger partial charge in [-0.05, 0) is 52.8 Å². The lowest BCUT2D eigenvalue weighted by atomic mass is 9.99. The van der Waals surface area contributed by atoms with Crippen molar-refractivity contribution in [2.45, 2.75) is 46.3 Å². The SMILES string of the molecule is CNC(COCCOC(C)(C)C)c1cc(C)ccc1C. The van der Waals surface area contributed by atoms with Gasteiger partial charge in [-0.1, -0.05) is 23.8 Å². The highest BCUT2D eigenvalue weighted by molar-refractivity contribution is 5.33. The summed E-state index contributed by atoms with van der Waals surface area (Å²) in [5.41, 5.74) is 3.79. The molecule has 0 spiro atoms. The first-order chi connectivity index (χ1) is 9.33. The van der Waals surface area contributed by atoms with E-state index >= 15 is 0 Å². The van der Waals surface area contributed by atoms with E-state index in [1.807, 2.05) is 7.05 Å². The standard InChI is InChI=1S/C17H29NO2/c1-13-7-8-14(2)15(11-13)16(18-6)12-19-9-10-20-17(3,4)5/h7-8,11,16,18H,9-10,12H2,1-6H3. The van der Waals surface area contributed by atoms with Crippen LogP contribution < -0.4 is 5.32 Å². The molecule has 0 heterocycles. The third-order valence-electron chi connectivity index (χ3n) is 3.21. The molecule has 1 aromatic carbocycles. The summed E-state index contributed by atoms with van der Waals surface area (Å²) >= 11 is 0. The highest BCUT2D eigenvalue weighted by Gasteiger charge is 2.13. The Morgan fingerprint density at radius 2 is 1.85 bits per heavy atom. The Balaban J connectivity index is 2.45. The second kappa shape index (κ2) is 7.77. The average molecular weight is 279 g/mol. The molecule has 0 bridgehead atoms. The maximum atomic E-state index is 5.74. The second-order valence-corrected chi connectivity index (χ2v) is 6.24. The molecule has 0 amide bonds. The molecular weight excluding hydrogens is 250 g/mol. The summed E-state index contributed by atoms with van der Waals surface area (Å²) < 4.78 is 11.4. The maximum Gasteiger partial charge on any atom is 0.0707 e. The van der Waals surface area contributed by atoms with Gasteiger partial charge in [0.05, 0.1) is 31.5 Å². The molecule has 1 aromatic rings. The zero-order valence-corrected chi connectivity index (χ0v) is 13.7. The molecule has 0 saturated carbocycles. The lowest BCUT2D eigenvalue weighted by Crippen LogP contribution is -2.25. The van der Waals surface area contributed by atoms with Gasteiger partial charge in [-0.15, -0.1) is 0 Å². The van der Waals surface area contributed by atoms with Crippen LogP contribution in [-0.2, 0) is 9.47 Å². The van der Waals surface area contributed by atoms with Crippen molar-refractivity contribution in [3.05, 3.63) is 34.9 Å². The van der Waals surface area contributed by atoms with Crippen LogP contribution in [0.25, 0.3) is 0 Å². The topological polar surface area (TPSA) is 30.5 Å². The van der Waals surface area contributed by atoms with Crippen LogP contribution in [0.3, 0.4) is 0 Å². The summed E-state index contributed by atoms with van der Waals surface area (Å²) in [5.74, 6) is 0. The van der Waals surface area contributed by atoms with Gasteiger partial charge in [-0.3, -0.25) is 0 Å². The molecule has 20 heavy (non-hydrogen) atoms. The Kier molecular flexibility index (Phi) is 6.66. The third-order valence-corrected chi connectivity index (χ3v) is 3.21. The molecule has 114 valence electrons. The minimum atomic E-state index is -0.0983. The Bertz CT molecular complexity index is 410. The minimum Gasteiger partial charge on any atom is -0.377 e. The van der Waals surface area contributed by atoms with Crippen molar-refractivity contribution in [1.29, 1.82) is 0 Å². The summed E-state index contributed by atoms with van der Waals surface area (Å²) in [4.78, 5) is 0. The number of rotatable bonds is 7. The normalized spacial score (nSPS) is 13.5. The van der Waals surface area contributed by atoms with E-state index in [0.29, 0.717) is 19.8 Å². The van der Waals surface area contributed by atoms with Crippen LogP contribution in [0.5, 0.6) is 0 Å². The van der Waals surface area contributed by atoms with E-state index in [1.54, 1.807) is 0 Å². The van der Waals surface area contributed by atoms with Crippen LogP contribution in [-0.4, -0.2) is 32.5 Å². The molecule has 0 fully saturated rings. The molecule has 0 radical (unpaired) electrons. The van der Waals surface area contributed by atoms with Crippen LogP contribution in [0.2, 0.25) is 0 Å². The van der Waals surface area contributed by atoms with Crippen LogP contribution in [0.1, 0.15) is 43.5 Å². The number of aryl methyl sites for hydroxylation is 2. The number of hydrogen-bond donors (Lipinski definition) is 1. The molecule has 1 unspecified atom stereocenters. The lowest BCUT2D eigenvalue weighted by molar-refractivity contribution is -0.0372. The van der Waals surface area contributed by atoms with E-state index < -0.39 is 0 Å². The minimum absolute atomic E-state index is 0.0983. The largest absolute Gasteiger partial charge is 0.377 e. The second-order valence-electron chi connectivity index (χ2n) is 6.24. The predicted molar refractivity (Wildman–Crippen MR) is 84.2 cm³/mol. The van der Waals surface area contributed by atoms with Crippen LogP contribution in [0, 0.1) is 13.8 Å². The molecule has 1 atom stereocenters. The van der Waals surface area contributed by atoms with Crippen LogP contribution in [0.4, 0.5) is 0 Å². The lowest BCUT2D eigenvalue weighted by Gasteiger charge is -2.22. The van der Waals surface area contributed by atoms with Gasteiger partial charge in [0.15, 0.2) is 0 Å². The van der Waals surface area contributed by atoms with Gasteiger partial charge in [0, 0.05) is 0 Å². The van der Waals surface area contributed by atoms with Gasteiger partial charge in [-0.25, -0.2) is 0 Å². The van der Waals surface area contributed by atoms with E-state index in [4.69, 9.17) is 9.47 Å². The Labute approximate surface area is 123 Å².